The van der Waals surface area contributed by atoms with E-state index in [0.717, 1.165) is 0 Å². The van der Waals surface area contributed by atoms with Crippen molar-refractivity contribution in [2.24, 2.45) is 23.3 Å². The number of hydrogen-bond acceptors (Lipinski definition) is 6. The Morgan fingerprint density at radius 1 is 0.774 bits per heavy atom. The van der Waals surface area contributed by atoms with E-state index in [1.54, 1.807) is 0 Å². The zero-order chi connectivity index (χ0) is 24.3. The van der Waals surface area contributed by atoms with Crippen LogP contribution >= 0.6 is 0 Å². The molecule has 11 nitrogen and oxygen atoms in total. The molecule has 4 amide bonds. The minimum absolute atomic E-state index is 0.0441. The molecule has 0 aromatic rings. The summed E-state index contributed by atoms with van der Waals surface area (Å²) >= 11 is 0. The van der Waals surface area contributed by atoms with Gasteiger partial charge in [-0.3, -0.25) is 19.2 Å². The minimum Gasteiger partial charge on any atom is -0.480 e. The SMILES string of the molecule is CC(C)CC(NC(=O)C(C)NC(=O)C(CC(C)C)NC(=O)C(N)CCC(N)=O)C(=O)O. The summed E-state index contributed by atoms with van der Waals surface area (Å²) in [5.74, 6) is -3.49. The Bertz CT molecular complexity index is 652. The van der Waals surface area contributed by atoms with Gasteiger partial charge < -0.3 is 32.5 Å². The first kappa shape index (κ1) is 28.3. The number of carboxylic acids is 1. The zero-order valence-corrected chi connectivity index (χ0v) is 18.9. The fourth-order valence-corrected chi connectivity index (χ4v) is 2.78. The molecule has 0 fully saturated rings. The minimum atomic E-state index is -1.16. The number of nitrogens with two attached hydrogens (primary N) is 2. The third kappa shape index (κ3) is 11.9. The molecule has 0 rings (SSSR count). The molecule has 0 aliphatic heterocycles. The summed E-state index contributed by atoms with van der Waals surface area (Å²) in [4.78, 5) is 59.5. The molecule has 0 saturated heterocycles. The lowest BCUT2D eigenvalue weighted by atomic mass is 10.0. The Balaban J connectivity index is 5.05. The van der Waals surface area contributed by atoms with Gasteiger partial charge in [0.15, 0.2) is 0 Å². The third-order valence-electron chi connectivity index (χ3n) is 4.45. The van der Waals surface area contributed by atoms with Crippen molar-refractivity contribution in [3.05, 3.63) is 0 Å². The van der Waals surface area contributed by atoms with Gasteiger partial charge in [-0.05, 0) is 38.0 Å². The molecule has 4 atom stereocenters. The Hall–Kier alpha value is -2.69. The summed E-state index contributed by atoms with van der Waals surface area (Å²) in [7, 11) is 0. The average molecular weight is 444 g/mol. The zero-order valence-electron chi connectivity index (χ0n) is 18.9. The van der Waals surface area contributed by atoms with Crippen LogP contribution < -0.4 is 27.4 Å². The van der Waals surface area contributed by atoms with Crippen LogP contribution in [0.3, 0.4) is 0 Å². The number of nitrogens with one attached hydrogen (secondary N) is 3. The molecule has 31 heavy (non-hydrogen) atoms. The molecule has 0 radical (unpaired) electrons. The molecule has 0 bridgehead atoms. The van der Waals surface area contributed by atoms with Crippen LogP contribution in [-0.4, -0.2) is 58.9 Å². The fourth-order valence-electron chi connectivity index (χ4n) is 2.78. The summed E-state index contributed by atoms with van der Waals surface area (Å²) in [5.41, 5.74) is 10.8. The molecule has 8 N–H and O–H groups in total. The molecule has 4 unspecified atom stereocenters. The summed E-state index contributed by atoms with van der Waals surface area (Å²) in [6.45, 7) is 8.81. The first-order chi connectivity index (χ1) is 14.2. The summed E-state index contributed by atoms with van der Waals surface area (Å²) < 4.78 is 0. The van der Waals surface area contributed by atoms with Gasteiger partial charge in [-0.1, -0.05) is 27.7 Å². The van der Waals surface area contributed by atoms with Crippen molar-refractivity contribution < 1.29 is 29.1 Å². The highest BCUT2D eigenvalue weighted by Gasteiger charge is 2.29. The summed E-state index contributed by atoms with van der Waals surface area (Å²) in [5, 5.41) is 16.7. The summed E-state index contributed by atoms with van der Waals surface area (Å²) in [6.07, 6.45) is 0.521. The third-order valence-corrected chi connectivity index (χ3v) is 4.45. The maximum Gasteiger partial charge on any atom is 0.326 e. The molecule has 178 valence electrons. The van der Waals surface area contributed by atoms with Crippen LogP contribution in [0.4, 0.5) is 0 Å². The number of primary amides is 1. The predicted molar refractivity (Wildman–Crippen MR) is 114 cm³/mol. The molecular weight excluding hydrogens is 406 g/mol. The second kappa shape index (κ2) is 13.6. The fraction of sp³-hybridized carbons (Fsp3) is 0.750. The van der Waals surface area contributed by atoms with E-state index in [1.165, 1.54) is 6.92 Å². The smallest absolute Gasteiger partial charge is 0.326 e. The van der Waals surface area contributed by atoms with Gasteiger partial charge in [0.1, 0.15) is 18.1 Å². The van der Waals surface area contributed by atoms with Crippen LogP contribution in [0.25, 0.3) is 0 Å². The van der Waals surface area contributed by atoms with Crippen LogP contribution in [-0.2, 0) is 24.0 Å². The van der Waals surface area contributed by atoms with Gasteiger partial charge in [0.2, 0.25) is 23.6 Å². The van der Waals surface area contributed by atoms with Crippen molar-refractivity contribution in [1.29, 1.82) is 0 Å². The second-order valence-corrected chi connectivity index (χ2v) is 8.56. The lowest BCUT2D eigenvalue weighted by Crippen LogP contribution is -2.56. The van der Waals surface area contributed by atoms with Crippen LogP contribution in [0.1, 0.15) is 60.3 Å². The lowest BCUT2D eigenvalue weighted by molar-refractivity contribution is -0.142. The Morgan fingerprint density at radius 3 is 1.71 bits per heavy atom. The van der Waals surface area contributed by atoms with E-state index in [0.29, 0.717) is 6.42 Å². The monoisotopic (exact) mass is 443 g/mol. The first-order valence-corrected chi connectivity index (χ1v) is 10.4. The molecule has 0 spiro atoms. The van der Waals surface area contributed by atoms with Gasteiger partial charge in [-0.15, -0.1) is 0 Å². The van der Waals surface area contributed by atoms with Crippen molar-refractivity contribution in [2.75, 3.05) is 0 Å². The first-order valence-electron chi connectivity index (χ1n) is 10.4. The Morgan fingerprint density at radius 2 is 1.26 bits per heavy atom. The maximum atomic E-state index is 12.7. The van der Waals surface area contributed by atoms with Crippen molar-refractivity contribution >= 4 is 29.6 Å². The van der Waals surface area contributed by atoms with Gasteiger partial charge >= 0.3 is 5.97 Å². The Kier molecular flexibility index (Phi) is 12.4. The van der Waals surface area contributed by atoms with Gasteiger partial charge in [-0.25, -0.2) is 4.79 Å². The van der Waals surface area contributed by atoms with E-state index in [9.17, 15) is 29.1 Å². The predicted octanol–water partition coefficient (Wildman–Crippen LogP) is -0.770. The standard InChI is InChI=1S/C20H37N5O6/c1-10(2)8-14(24-18(28)13(21)6-7-16(22)26)19(29)23-12(5)17(27)25-15(20(30)31)9-11(3)4/h10-15H,6-9,21H2,1-5H3,(H2,22,26)(H,23,29)(H,24,28)(H,25,27)(H,30,31). The van der Waals surface area contributed by atoms with Crippen molar-refractivity contribution in [3.8, 4) is 0 Å². The van der Waals surface area contributed by atoms with E-state index in [4.69, 9.17) is 11.5 Å². The van der Waals surface area contributed by atoms with Crippen molar-refractivity contribution in [3.63, 3.8) is 0 Å². The van der Waals surface area contributed by atoms with E-state index in [-0.39, 0.29) is 31.1 Å². The van der Waals surface area contributed by atoms with Gasteiger partial charge in [0.25, 0.3) is 0 Å². The van der Waals surface area contributed by atoms with Crippen LogP contribution in [0.15, 0.2) is 0 Å². The van der Waals surface area contributed by atoms with Crippen LogP contribution in [0.5, 0.6) is 0 Å². The highest BCUT2D eigenvalue weighted by molar-refractivity contribution is 5.94. The highest BCUT2D eigenvalue weighted by atomic mass is 16.4. The molecular formula is C20H37N5O6. The topological polar surface area (TPSA) is 194 Å². The maximum absolute atomic E-state index is 12.7. The number of amides is 4. The van der Waals surface area contributed by atoms with Crippen molar-refractivity contribution in [2.45, 2.75) is 84.5 Å². The Labute approximate surface area is 183 Å². The largest absolute Gasteiger partial charge is 0.480 e. The molecule has 0 aromatic carbocycles. The molecule has 0 aromatic heterocycles. The van der Waals surface area contributed by atoms with E-state index in [2.05, 4.69) is 16.0 Å². The normalized spacial score (nSPS) is 15.0. The number of rotatable bonds is 14. The highest BCUT2D eigenvalue weighted by Crippen LogP contribution is 2.08. The number of carbonyl (C=O) groups is 5. The number of carboxylic acid groups (broad SMARTS) is 1. The van der Waals surface area contributed by atoms with Gasteiger partial charge in [0, 0.05) is 6.42 Å². The van der Waals surface area contributed by atoms with Crippen LogP contribution in [0.2, 0.25) is 0 Å². The number of hydrogen-bond donors (Lipinski definition) is 6. The molecule has 0 saturated carbocycles. The van der Waals surface area contributed by atoms with Gasteiger partial charge in [0.05, 0.1) is 6.04 Å². The molecule has 0 heterocycles. The van der Waals surface area contributed by atoms with E-state index >= 15 is 0 Å². The van der Waals surface area contributed by atoms with Crippen LogP contribution in [0, 0.1) is 11.8 Å². The molecule has 11 heteroatoms. The number of aliphatic carboxylic acids is 1. The molecule has 0 aliphatic carbocycles. The molecule has 0 aliphatic rings. The van der Waals surface area contributed by atoms with Gasteiger partial charge in [-0.2, -0.15) is 0 Å². The van der Waals surface area contributed by atoms with Crippen molar-refractivity contribution in [1.82, 2.24) is 16.0 Å². The van der Waals surface area contributed by atoms with E-state index in [1.807, 2.05) is 27.7 Å². The lowest BCUT2D eigenvalue weighted by Gasteiger charge is -2.24. The van der Waals surface area contributed by atoms with E-state index < -0.39 is 53.8 Å². The number of carbonyl (C=O) groups excluding carboxylic acids is 4. The summed E-state index contributed by atoms with van der Waals surface area (Å²) in [6, 6.07) is -4.05. The quantitative estimate of drug-likeness (QED) is 0.203. The average Bonchev–Trinajstić information content (AvgIpc) is 2.63. The second-order valence-electron chi connectivity index (χ2n) is 8.56.